The molecule has 1 unspecified atom stereocenters. The van der Waals surface area contributed by atoms with Crippen LogP contribution in [0.4, 0.5) is 23.1 Å². The Morgan fingerprint density at radius 2 is 1.84 bits per heavy atom. The number of hydrogen-bond acceptors (Lipinski definition) is 7. The van der Waals surface area contributed by atoms with Gasteiger partial charge in [-0.3, -0.25) is 10.1 Å². The Balaban J connectivity index is 1.87. The van der Waals surface area contributed by atoms with Crippen molar-refractivity contribution in [1.82, 2.24) is 14.9 Å². The van der Waals surface area contributed by atoms with E-state index in [9.17, 15) is 10.1 Å². The van der Waals surface area contributed by atoms with E-state index in [1.54, 1.807) is 24.3 Å². The molecule has 0 fully saturated rings. The molecule has 0 aliphatic rings. The summed E-state index contributed by atoms with van der Waals surface area (Å²) in [5, 5.41) is 18.5. The predicted molar refractivity (Wildman–Crippen MR) is 124 cm³/mol. The Morgan fingerprint density at radius 3 is 2.48 bits per heavy atom. The molecule has 0 radical (unpaired) electrons. The maximum absolute atomic E-state index is 11.6. The second-order valence-electron chi connectivity index (χ2n) is 7.37. The molecule has 8 nitrogen and oxygen atoms in total. The summed E-state index contributed by atoms with van der Waals surface area (Å²) in [6.07, 6.45) is 2.94. The second kappa shape index (κ2) is 10.7. The van der Waals surface area contributed by atoms with Crippen LogP contribution in [0.3, 0.4) is 0 Å². The van der Waals surface area contributed by atoms with E-state index in [0.717, 1.165) is 30.6 Å². The zero-order valence-corrected chi connectivity index (χ0v) is 18.2. The van der Waals surface area contributed by atoms with Gasteiger partial charge in [-0.2, -0.15) is 4.98 Å². The van der Waals surface area contributed by atoms with Crippen molar-refractivity contribution in [2.75, 3.05) is 31.3 Å². The lowest BCUT2D eigenvalue weighted by Gasteiger charge is -2.21. The molecule has 162 valence electrons. The summed E-state index contributed by atoms with van der Waals surface area (Å²) in [6, 6.07) is 16.8. The van der Waals surface area contributed by atoms with Gasteiger partial charge in [0.15, 0.2) is 0 Å². The first kappa shape index (κ1) is 22.5. The first-order valence-corrected chi connectivity index (χ1v) is 10.3. The van der Waals surface area contributed by atoms with Crippen LogP contribution in [0.25, 0.3) is 0 Å². The fraction of sp³-hybridized carbons (Fsp3) is 0.273. The van der Waals surface area contributed by atoms with Gasteiger partial charge in [-0.15, -0.1) is 0 Å². The zero-order valence-electron chi connectivity index (χ0n) is 17.5. The fourth-order valence-corrected chi connectivity index (χ4v) is 3.25. The van der Waals surface area contributed by atoms with Crippen LogP contribution < -0.4 is 10.6 Å². The van der Waals surface area contributed by atoms with Crippen LogP contribution in [0.1, 0.15) is 24.4 Å². The highest BCUT2D eigenvalue weighted by atomic mass is 35.5. The Hall–Kier alpha value is -3.23. The summed E-state index contributed by atoms with van der Waals surface area (Å²) in [7, 11) is 4.05. The molecule has 1 atom stereocenters. The molecule has 2 aromatic carbocycles. The highest BCUT2D eigenvalue weighted by molar-refractivity contribution is 6.30. The number of benzene rings is 2. The third-order valence-electron chi connectivity index (χ3n) is 4.68. The summed E-state index contributed by atoms with van der Waals surface area (Å²) in [6.45, 7) is 0.917. The number of halogens is 1. The smallest absolute Gasteiger partial charge is 0.329 e. The van der Waals surface area contributed by atoms with Crippen LogP contribution in [0, 0.1) is 10.1 Å². The molecule has 3 aromatic rings. The molecule has 0 amide bonds. The average molecular weight is 441 g/mol. The van der Waals surface area contributed by atoms with Gasteiger partial charge >= 0.3 is 5.69 Å². The maximum Gasteiger partial charge on any atom is 0.329 e. The number of rotatable bonds is 10. The van der Waals surface area contributed by atoms with E-state index >= 15 is 0 Å². The van der Waals surface area contributed by atoms with Gasteiger partial charge in [0, 0.05) is 10.7 Å². The molecule has 1 heterocycles. The number of nitrogens with zero attached hydrogens (tertiary/aromatic N) is 4. The number of aromatic nitrogens is 2. The van der Waals surface area contributed by atoms with Crippen molar-refractivity contribution >= 4 is 34.7 Å². The first-order valence-electron chi connectivity index (χ1n) is 9.92. The largest absolute Gasteiger partial charge is 0.357 e. The minimum Gasteiger partial charge on any atom is -0.357 e. The summed E-state index contributed by atoms with van der Waals surface area (Å²) in [5.74, 6) is 0.436. The lowest BCUT2D eigenvalue weighted by atomic mass is 10.0. The van der Waals surface area contributed by atoms with Crippen LogP contribution in [-0.4, -0.2) is 40.4 Å². The lowest BCUT2D eigenvalue weighted by Crippen LogP contribution is -2.18. The van der Waals surface area contributed by atoms with Gasteiger partial charge in [0.2, 0.25) is 11.8 Å². The minimum absolute atomic E-state index is 0.127. The van der Waals surface area contributed by atoms with Crippen molar-refractivity contribution in [3.63, 3.8) is 0 Å². The Morgan fingerprint density at radius 1 is 1.13 bits per heavy atom. The Kier molecular flexibility index (Phi) is 7.75. The van der Waals surface area contributed by atoms with Crippen LogP contribution in [0.2, 0.25) is 5.02 Å². The SMILES string of the molecule is CN(C)CCCC(Nc1nc(Nc2ccc(Cl)cc2)ncc1[N+](=O)[O-])c1ccccc1. The van der Waals surface area contributed by atoms with Crippen molar-refractivity contribution in [3.05, 3.63) is 81.5 Å². The van der Waals surface area contributed by atoms with E-state index in [-0.39, 0.29) is 23.5 Å². The number of nitro groups is 1. The van der Waals surface area contributed by atoms with Gasteiger partial charge in [-0.25, -0.2) is 4.98 Å². The van der Waals surface area contributed by atoms with E-state index in [0.29, 0.717) is 5.02 Å². The molecule has 0 spiro atoms. The van der Waals surface area contributed by atoms with Crippen LogP contribution in [0.15, 0.2) is 60.8 Å². The highest BCUT2D eigenvalue weighted by Crippen LogP contribution is 2.30. The first-order chi connectivity index (χ1) is 14.9. The lowest BCUT2D eigenvalue weighted by molar-refractivity contribution is -0.384. The van der Waals surface area contributed by atoms with E-state index in [2.05, 4.69) is 25.5 Å². The third-order valence-corrected chi connectivity index (χ3v) is 4.93. The monoisotopic (exact) mass is 440 g/mol. The normalized spacial score (nSPS) is 11.9. The molecular weight excluding hydrogens is 416 g/mol. The van der Waals surface area contributed by atoms with Gasteiger partial charge in [-0.05, 0) is 63.3 Å². The molecule has 0 saturated carbocycles. The van der Waals surface area contributed by atoms with Crippen LogP contribution in [0.5, 0.6) is 0 Å². The molecule has 3 rings (SSSR count). The van der Waals surface area contributed by atoms with Crippen LogP contribution in [-0.2, 0) is 0 Å². The van der Waals surface area contributed by atoms with Gasteiger partial charge in [0.05, 0.1) is 11.0 Å². The standard InChI is InChI=1S/C22H25ClN6O2/c1-28(2)14-6-9-19(16-7-4-3-5-8-16)26-21-20(29(30)31)15-24-22(27-21)25-18-12-10-17(23)11-13-18/h3-5,7-8,10-13,15,19H,6,9,14H2,1-2H3,(H2,24,25,26,27). The van der Waals surface area contributed by atoms with Crippen molar-refractivity contribution in [1.29, 1.82) is 0 Å². The van der Waals surface area contributed by atoms with Crippen molar-refractivity contribution < 1.29 is 4.92 Å². The molecule has 2 N–H and O–H groups in total. The van der Waals surface area contributed by atoms with Gasteiger partial charge < -0.3 is 15.5 Å². The summed E-state index contributed by atoms with van der Waals surface area (Å²) in [4.78, 5) is 21.7. The Bertz CT molecular complexity index is 999. The molecule has 31 heavy (non-hydrogen) atoms. The fourth-order valence-electron chi connectivity index (χ4n) is 3.12. The molecule has 0 saturated heterocycles. The maximum atomic E-state index is 11.6. The van der Waals surface area contributed by atoms with Crippen molar-refractivity contribution in [3.8, 4) is 0 Å². The van der Waals surface area contributed by atoms with E-state index < -0.39 is 4.92 Å². The quantitative estimate of drug-likeness (QED) is 0.327. The summed E-state index contributed by atoms with van der Waals surface area (Å²) < 4.78 is 0. The second-order valence-corrected chi connectivity index (χ2v) is 7.81. The predicted octanol–water partition coefficient (Wildman–Crippen LogP) is 5.28. The average Bonchev–Trinajstić information content (AvgIpc) is 2.75. The van der Waals surface area contributed by atoms with Gasteiger partial charge in [-0.1, -0.05) is 41.9 Å². The molecule has 0 aliphatic carbocycles. The van der Waals surface area contributed by atoms with E-state index in [1.165, 1.54) is 6.20 Å². The minimum atomic E-state index is -0.476. The van der Waals surface area contributed by atoms with Crippen LogP contribution >= 0.6 is 11.6 Å². The highest BCUT2D eigenvalue weighted by Gasteiger charge is 2.21. The number of anilines is 3. The van der Waals surface area contributed by atoms with Crippen molar-refractivity contribution in [2.24, 2.45) is 0 Å². The zero-order chi connectivity index (χ0) is 22.2. The summed E-state index contributed by atoms with van der Waals surface area (Å²) in [5.41, 5.74) is 1.60. The van der Waals surface area contributed by atoms with E-state index in [4.69, 9.17) is 11.6 Å². The summed E-state index contributed by atoms with van der Waals surface area (Å²) >= 11 is 5.93. The molecule has 0 aliphatic heterocycles. The van der Waals surface area contributed by atoms with Crippen molar-refractivity contribution in [2.45, 2.75) is 18.9 Å². The molecule has 0 bridgehead atoms. The Labute approximate surface area is 186 Å². The molecular formula is C22H25ClN6O2. The number of hydrogen-bond donors (Lipinski definition) is 2. The molecule has 1 aromatic heterocycles. The van der Waals surface area contributed by atoms with Gasteiger partial charge in [0.25, 0.3) is 0 Å². The topological polar surface area (TPSA) is 96.2 Å². The third kappa shape index (κ3) is 6.63. The van der Waals surface area contributed by atoms with E-state index in [1.807, 2.05) is 44.4 Å². The van der Waals surface area contributed by atoms with Gasteiger partial charge in [0.1, 0.15) is 6.20 Å². The number of nitrogens with one attached hydrogen (secondary N) is 2. The molecule has 9 heteroatoms.